The topological polar surface area (TPSA) is 78.9 Å². The summed E-state index contributed by atoms with van der Waals surface area (Å²) < 4.78 is 16.7. The van der Waals surface area contributed by atoms with Gasteiger partial charge in [0.2, 0.25) is 0 Å². The number of esters is 3. The molecule has 6 heteroatoms. The molecule has 6 nitrogen and oxygen atoms in total. The SMILES string of the molecule is CCC/C=C\CCCCCCCC(=O)OC(COC(=O)CCCCCCCC)COC(=O)CCCCCCCCCCCCCCCCC/C=C\C/C=C\CCCCCCC. The maximum atomic E-state index is 12.7. The summed E-state index contributed by atoms with van der Waals surface area (Å²) in [7, 11) is 0. The molecule has 0 aromatic rings. The van der Waals surface area contributed by atoms with Crippen molar-refractivity contribution in [1.82, 2.24) is 0 Å². The van der Waals surface area contributed by atoms with Crippen molar-refractivity contribution in [3.8, 4) is 0 Å². The maximum absolute atomic E-state index is 12.7. The van der Waals surface area contributed by atoms with Crippen molar-refractivity contribution in [2.45, 2.75) is 284 Å². The van der Waals surface area contributed by atoms with E-state index in [1.54, 1.807) is 0 Å². The van der Waals surface area contributed by atoms with Gasteiger partial charge in [-0.25, -0.2) is 0 Å². The molecule has 1 atom stereocenters. The Hall–Kier alpha value is -2.37. The van der Waals surface area contributed by atoms with E-state index in [9.17, 15) is 14.4 Å². The average Bonchev–Trinajstić information content (AvgIpc) is 3.26. The monoisotopic (exact) mass is 857 g/mol. The lowest BCUT2D eigenvalue weighted by Crippen LogP contribution is -2.30. The first-order valence-corrected chi connectivity index (χ1v) is 26.5. The minimum absolute atomic E-state index is 0.0734. The molecule has 0 fully saturated rings. The smallest absolute Gasteiger partial charge is 0.306 e. The van der Waals surface area contributed by atoms with Crippen molar-refractivity contribution in [2.75, 3.05) is 13.2 Å². The Balaban J connectivity index is 3.98. The summed E-state index contributed by atoms with van der Waals surface area (Å²) in [5, 5.41) is 0. The Morgan fingerprint density at radius 1 is 0.328 bits per heavy atom. The molecule has 61 heavy (non-hydrogen) atoms. The fraction of sp³-hybridized carbons (Fsp3) is 0.836. The maximum Gasteiger partial charge on any atom is 0.306 e. The van der Waals surface area contributed by atoms with Gasteiger partial charge in [-0.05, 0) is 70.6 Å². The summed E-state index contributed by atoms with van der Waals surface area (Å²) in [6.07, 6.45) is 58.9. The van der Waals surface area contributed by atoms with Gasteiger partial charge in [-0.2, -0.15) is 0 Å². The van der Waals surface area contributed by atoms with Crippen LogP contribution in [0.15, 0.2) is 36.5 Å². The lowest BCUT2D eigenvalue weighted by Gasteiger charge is -2.18. The van der Waals surface area contributed by atoms with Gasteiger partial charge < -0.3 is 14.2 Å². The van der Waals surface area contributed by atoms with Crippen LogP contribution in [0.1, 0.15) is 278 Å². The number of carbonyl (C=O) groups is 3. The van der Waals surface area contributed by atoms with Gasteiger partial charge in [0.1, 0.15) is 13.2 Å². The highest BCUT2D eigenvalue weighted by Gasteiger charge is 2.19. The van der Waals surface area contributed by atoms with Crippen molar-refractivity contribution in [2.24, 2.45) is 0 Å². The zero-order chi connectivity index (χ0) is 44.4. The molecule has 0 heterocycles. The van der Waals surface area contributed by atoms with Crippen LogP contribution in [0.3, 0.4) is 0 Å². The first-order valence-electron chi connectivity index (χ1n) is 26.5. The Bertz CT molecular complexity index is 1030. The van der Waals surface area contributed by atoms with Gasteiger partial charge in [-0.15, -0.1) is 0 Å². The van der Waals surface area contributed by atoms with Crippen molar-refractivity contribution in [3.63, 3.8) is 0 Å². The average molecular weight is 857 g/mol. The van der Waals surface area contributed by atoms with Crippen molar-refractivity contribution in [1.29, 1.82) is 0 Å². The molecule has 0 bridgehead atoms. The molecular weight excluding hydrogens is 757 g/mol. The molecule has 0 saturated heterocycles. The van der Waals surface area contributed by atoms with E-state index < -0.39 is 6.10 Å². The molecule has 1 unspecified atom stereocenters. The van der Waals surface area contributed by atoms with E-state index in [2.05, 4.69) is 57.2 Å². The summed E-state index contributed by atoms with van der Waals surface area (Å²) in [6, 6.07) is 0. The predicted molar refractivity (Wildman–Crippen MR) is 261 cm³/mol. The molecule has 356 valence electrons. The summed E-state index contributed by atoms with van der Waals surface area (Å²) in [4.78, 5) is 37.6. The molecule has 0 radical (unpaired) electrons. The predicted octanol–water partition coefficient (Wildman–Crippen LogP) is 17.3. The van der Waals surface area contributed by atoms with E-state index in [0.717, 1.165) is 83.5 Å². The first kappa shape index (κ1) is 58.6. The Labute approximate surface area is 378 Å². The number of unbranched alkanes of at least 4 members (excludes halogenated alkanes) is 31. The molecule has 0 aromatic heterocycles. The molecule has 0 N–H and O–H groups in total. The lowest BCUT2D eigenvalue weighted by molar-refractivity contribution is -0.167. The van der Waals surface area contributed by atoms with E-state index in [1.165, 1.54) is 154 Å². The molecule has 0 amide bonds. The summed E-state index contributed by atoms with van der Waals surface area (Å²) in [5.74, 6) is -0.887. The van der Waals surface area contributed by atoms with E-state index in [4.69, 9.17) is 14.2 Å². The quantitative estimate of drug-likeness (QED) is 0.0262. The second-order valence-corrected chi connectivity index (χ2v) is 17.8. The number of allylic oxidation sites excluding steroid dienone is 6. The van der Waals surface area contributed by atoms with Crippen LogP contribution in [0.2, 0.25) is 0 Å². The number of hydrogen-bond donors (Lipinski definition) is 0. The summed E-state index contributed by atoms with van der Waals surface area (Å²) >= 11 is 0. The highest BCUT2D eigenvalue weighted by atomic mass is 16.6. The van der Waals surface area contributed by atoms with Gasteiger partial charge in [0.15, 0.2) is 6.10 Å². The molecular formula is C55H100O6. The molecule has 0 aliphatic rings. The normalized spacial score (nSPS) is 12.2. The standard InChI is InChI=1S/C55H100O6/c1-4-7-10-13-16-18-20-21-22-23-24-25-26-27-28-29-30-31-32-33-34-35-36-38-39-42-45-48-54(57)60-51-52(50-59-53(56)47-44-41-15-12-9-6-3)61-55(58)49-46-43-40-37-19-17-14-11-8-5-2/h11,14,20-21,23-24,52H,4-10,12-13,15-19,22,25-51H2,1-3H3/b14-11-,21-20-,24-23-. The zero-order valence-corrected chi connectivity index (χ0v) is 40.7. The lowest BCUT2D eigenvalue weighted by atomic mass is 10.0. The summed E-state index contributed by atoms with van der Waals surface area (Å²) in [6.45, 7) is 6.51. The van der Waals surface area contributed by atoms with Crippen LogP contribution in [-0.2, 0) is 28.6 Å². The second kappa shape index (κ2) is 50.3. The van der Waals surface area contributed by atoms with Crippen LogP contribution < -0.4 is 0 Å². The van der Waals surface area contributed by atoms with Gasteiger partial charge in [-0.1, -0.05) is 224 Å². The van der Waals surface area contributed by atoms with E-state index in [-0.39, 0.29) is 31.1 Å². The van der Waals surface area contributed by atoms with Crippen molar-refractivity contribution in [3.05, 3.63) is 36.5 Å². The van der Waals surface area contributed by atoms with Gasteiger partial charge in [0, 0.05) is 19.3 Å². The molecule has 0 aliphatic heterocycles. The van der Waals surface area contributed by atoms with Gasteiger partial charge in [-0.3, -0.25) is 14.4 Å². The van der Waals surface area contributed by atoms with Gasteiger partial charge >= 0.3 is 17.9 Å². The van der Waals surface area contributed by atoms with Crippen LogP contribution in [0.5, 0.6) is 0 Å². The Kier molecular flexibility index (Phi) is 48.3. The van der Waals surface area contributed by atoms with Gasteiger partial charge in [0.25, 0.3) is 0 Å². The third-order valence-electron chi connectivity index (χ3n) is 11.6. The van der Waals surface area contributed by atoms with E-state index in [0.29, 0.717) is 19.3 Å². The van der Waals surface area contributed by atoms with Crippen LogP contribution in [0.4, 0.5) is 0 Å². The number of hydrogen-bond acceptors (Lipinski definition) is 6. The Morgan fingerprint density at radius 3 is 0.984 bits per heavy atom. The third-order valence-corrected chi connectivity index (χ3v) is 11.6. The first-order chi connectivity index (χ1) is 30.0. The van der Waals surface area contributed by atoms with Crippen molar-refractivity contribution < 1.29 is 28.6 Å². The second-order valence-electron chi connectivity index (χ2n) is 17.8. The third kappa shape index (κ3) is 48.5. The van der Waals surface area contributed by atoms with E-state index >= 15 is 0 Å². The van der Waals surface area contributed by atoms with E-state index in [1.807, 2.05) is 0 Å². The molecule has 0 saturated carbocycles. The number of carbonyl (C=O) groups excluding carboxylic acids is 3. The largest absolute Gasteiger partial charge is 0.462 e. The van der Waals surface area contributed by atoms with Crippen LogP contribution in [0.25, 0.3) is 0 Å². The zero-order valence-electron chi connectivity index (χ0n) is 40.7. The minimum Gasteiger partial charge on any atom is -0.462 e. The van der Waals surface area contributed by atoms with Crippen LogP contribution in [-0.4, -0.2) is 37.2 Å². The van der Waals surface area contributed by atoms with Gasteiger partial charge in [0.05, 0.1) is 0 Å². The Morgan fingerprint density at radius 2 is 0.623 bits per heavy atom. The molecule has 0 rings (SSSR count). The van der Waals surface area contributed by atoms with Crippen molar-refractivity contribution >= 4 is 17.9 Å². The fourth-order valence-corrected chi connectivity index (χ4v) is 7.59. The number of ether oxygens (including phenoxy) is 3. The highest BCUT2D eigenvalue weighted by molar-refractivity contribution is 5.71. The van der Waals surface area contributed by atoms with Crippen LogP contribution >= 0.6 is 0 Å². The van der Waals surface area contributed by atoms with Crippen LogP contribution in [0, 0.1) is 0 Å². The molecule has 0 aliphatic carbocycles. The number of rotatable bonds is 48. The summed E-state index contributed by atoms with van der Waals surface area (Å²) in [5.41, 5.74) is 0. The fourth-order valence-electron chi connectivity index (χ4n) is 7.59. The molecule has 0 spiro atoms. The highest BCUT2D eigenvalue weighted by Crippen LogP contribution is 2.16. The minimum atomic E-state index is -0.769. The molecule has 0 aromatic carbocycles.